The molecule has 1 saturated heterocycles. The van der Waals surface area contributed by atoms with E-state index in [2.05, 4.69) is 41.7 Å². The first kappa shape index (κ1) is 24.8. The second-order valence-electron chi connectivity index (χ2n) is 9.39. The fourth-order valence-corrected chi connectivity index (χ4v) is 5.65. The van der Waals surface area contributed by atoms with Crippen molar-refractivity contribution in [1.82, 2.24) is 5.32 Å². The Balaban J connectivity index is 1.97. The summed E-state index contributed by atoms with van der Waals surface area (Å²) in [6, 6.07) is 18.5. The van der Waals surface area contributed by atoms with Crippen LogP contribution < -0.4 is 14.8 Å². The third-order valence-corrected chi connectivity index (χ3v) is 7.00. The van der Waals surface area contributed by atoms with Gasteiger partial charge in [-0.1, -0.05) is 54.6 Å². The van der Waals surface area contributed by atoms with Gasteiger partial charge in [-0.2, -0.15) is 0 Å². The van der Waals surface area contributed by atoms with Crippen molar-refractivity contribution in [3.63, 3.8) is 0 Å². The zero-order valence-corrected chi connectivity index (χ0v) is 21.7. The second-order valence-corrected chi connectivity index (χ2v) is 9.39. The monoisotopic (exact) mass is 473 g/mol. The first-order valence-electron chi connectivity index (χ1n) is 12.1. The number of esters is 1. The van der Waals surface area contributed by atoms with E-state index >= 15 is 0 Å². The topological polar surface area (TPSA) is 66.7 Å². The Morgan fingerprint density at radius 2 is 1.31 bits per heavy atom. The highest BCUT2D eigenvalue weighted by atomic mass is 16.5. The summed E-state index contributed by atoms with van der Waals surface area (Å²) >= 11 is 0. The van der Waals surface area contributed by atoms with Crippen molar-refractivity contribution in [2.45, 2.75) is 52.1 Å². The van der Waals surface area contributed by atoms with Gasteiger partial charge in [0.25, 0.3) is 0 Å². The van der Waals surface area contributed by atoms with Crippen LogP contribution in [0.15, 0.2) is 54.6 Å². The van der Waals surface area contributed by atoms with Crippen LogP contribution in [-0.4, -0.2) is 32.3 Å². The van der Waals surface area contributed by atoms with Crippen molar-refractivity contribution in [3.05, 3.63) is 93.5 Å². The normalized spacial score (nSPS) is 18.9. The average Bonchev–Trinajstić information content (AvgIpc) is 3.56. The van der Waals surface area contributed by atoms with E-state index < -0.39 is 5.54 Å². The summed E-state index contributed by atoms with van der Waals surface area (Å²) in [7, 11) is 3.38. The SMILES string of the molecule is CCOC(=O)[C@@]1(C(c2cc(C)c(OC)c(C)c2)c2cc(C)c(OC)c(C)c2)N[C@H]1c1ccccc1. The van der Waals surface area contributed by atoms with Crippen LogP contribution >= 0.6 is 0 Å². The van der Waals surface area contributed by atoms with Gasteiger partial charge in [0.05, 0.1) is 26.9 Å². The fourth-order valence-electron chi connectivity index (χ4n) is 5.65. The lowest BCUT2D eigenvalue weighted by Gasteiger charge is -2.28. The van der Waals surface area contributed by atoms with Gasteiger partial charge >= 0.3 is 5.97 Å². The Kier molecular flexibility index (Phi) is 6.91. The molecular formula is C30H35NO4. The van der Waals surface area contributed by atoms with E-state index in [1.165, 1.54) is 0 Å². The number of aryl methyl sites for hydroxylation is 4. The number of ether oxygens (including phenoxy) is 3. The van der Waals surface area contributed by atoms with Gasteiger partial charge in [-0.3, -0.25) is 5.32 Å². The van der Waals surface area contributed by atoms with Crippen LogP contribution in [0.1, 0.15) is 57.8 Å². The predicted molar refractivity (Wildman–Crippen MR) is 138 cm³/mol. The number of carbonyl (C=O) groups is 1. The summed E-state index contributed by atoms with van der Waals surface area (Å²) in [5.74, 6) is 1.21. The summed E-state index contributed by atoms with van der Waals surface area (Å²) in [4.78, 5) is 13.8. The van der Waals surface area contributed by atoms with E-state index in [9.17, 15) is 4.79 Å². The molecule has 0 radical (unpaired) electrons. The molecule has 1 heterocycles. The lowest BCUT2D eigenvalue weighted by molar-refractivity contribution is -0.146. The summed E-state index contributed by atoms with van der Waals surface area (Å²) in [5.41, 5.74) is 6.35. The molecule has 1 N–H and O–H groups in total. The lowest BCUT2D eigenvalue weighted by atomic mass is 9.75. The maximum atomic E-state index is 13.8. The number of rotatable bonds is 8. The quantitative estimate of drug-likeness (QED) is 0.335. The molecule has 0 unspecified atom stereocenters. The summed E-state index contributed by atoms with van der Waals surface area (Å²) < 4.78 is 17.0. The second kappa shape index (κ2) is 9.74. The number of benzene rings is 3. The summed E-state index contributed by atoms with van der Waals surface area (Å²) in [6.45, 7) is 10.3. The molecular weight excluding hydrogens is 438 g/mol. The van der Waals surface area contributed by atoms with Crippen LogP contribution in [0.5, 0.6) is 11.5 Å². The number of carbonyl (C=O) groups excluding carboxylic acids is 1. The van der Waals surface area contributed by atoms with Crippen molar-refractivity contribution >= 4 is 5.97 Å². The third-order valence-electron chi connectivity index (χ3n) is 7.00. The van der Waals surface area contributed by atoms with Crippen LogP contribution in [0.4, 0.5) is 0 Å². The van der Waals surface area contributed by atoms with Crippen molar-refractivity contribution in [3.8, 4) is 11.5 Å². The van der Waals surface area contributed by atoms with Gasteiger partial charge in [-0.15, -0.1) is 0 Å². The Hall–Kier alpha value is -3.31. The Morgan fingerprint density at radius 1 is 0.857 bits per heavy atom. The largest absolute Gasteiger partial charge is 0.496 e. The molecule has 1 aliphatic rings. The van der Waals surface area contributed by atoms with Gasteiger partial charge in [0.2, 0.25) is 0 Å². The zero-order valence-electron chi connectivity index (χ0n) is 21.7. The van der Waals surface area contributed by atoms with Crippen LogP contribution in [0, 0.1) is 27.7 Å². The molecule has 0 aliphatic carbocycles. The molecule has 3 aromatic rings. The van der Waals surface area contributed by atoms with Crippen LogP contribution in [0.2, 0.25) is 0 Å². The maximum Gasteiger partial charge on any atom is 0.329 e. The molecule has 0 saturated carbocycles. The molecule has 5 heteroatoms. The minimum Gasteiger partial charge on any atom is -0.496 e. The van der Waals surface area contributed by atoms with Gasteiger partial charge in [-0.25, -0.2) is 4.79 Å². The first-order chi connectivity index (χ1) is 16.8. The molecule has 1 aliphatic heterocycles. The van der Waals surface area contributed by atoms with Crippen LogP contribution in [-0.2, 0) is 9.53 Å². The van der Waals surface area contributed by atoms with Crippen LogP contribution in [0.3, 0.4) is 0 Å². The van der Waals surface area contributed by atoms with Gasteiger partial charge in [0.1, 0.15) is 17.0 Å². The number of hydrogen-bond donors (Lipinski definition) is 1. The Bertz CT molecular complexity index is 1130. The molecule has 2 atom stereocenters. The molecule has 1 fully saturated rings. The molecule has 0 bridgehead atoms. The van der Waals surface area contributed by atoms with Crippen molar-refractivity contribution < 1.29 is 19.0 Å². The number of hydrogen-bond acceptors (Lipinski definition) is 5. The average molecular weight is 474 g/mol. The molecule has 0 amide bonds. The van der Waals surface area contributed by atoms with E-state index in [0.717, 1.165) is 50.4 Å². The minimum atomic E-state index is -0.932. The number of methoxy groups -OCH3 is 2. The number of nitrogens with one attached hydrogen (secondary N) is 1. The molecule has 5 nitrogen and oxygen atoms in total. The van der Waals surface area contributed by atoms with Gasteiger partial charge in [0.15, 0.2) is 0 Å². The zero-order chi connectivity index (χ0) is 25.3. The Morgan fingerprint density at radius 3 is 1.71 bits per heavy atom. The van der Waals surface area contributed by atoms with Gasteiger partial charge in [-0.05, 0) is 73.6 Å². The van der Waals surface area contributed by atoms with Gasteiger partial charge < -0.3 is 14.2 Å². The summed E-state index contributed by atoms with van der Waals surface area (Å²) in [5, 5.41) is 3.58. The predicted octanol–water partition coefficient (Wildman–Crippen LogP) is 5.72. The van der Waals surface area contributed by atoms with Crippen LogP contribution in [0.25, 0.3) is 0 Å². The van der Waals surface area contributed by atoms with Crippen molar-refractivity contribution in [2.24, 2.45) is 0 Å². The smallest absolute Gasteiger partial charge is 0.329 e. The van der Waals surface area contributed by atoms with E-state index in [1.807, 2.05) is 52.8 Å². The van der Waals surface area contributed by atoms with E-state index in [4.69, 9.17) is 14.2 Å². The molecule has 4 rings (SSSR count). The molecule has 35 heavy (non-hydrogen) atoms. The standard InChI is InChI=1S/C30H35NO4/c1-8-35-29(32)30(28(31-30)22-12-10-9-11-13-22)25(23-14-18(2)26(33-6)19(3)15-23)24-16-20(4)27(34-7)21(5)17-24/h9-17,25,28,31H,8H2,1-7H3/t28-,30-/m0/s1. The highest BCUT2D eigenvalue weighted by Gasteiger charge is 2.66. The summed E-state index contributed by atoms with van der Waals surface area (Å²) in [6.07, 6.45) is 0. The fraction of sp³-hybridized carbons (Fsp3) is 0.367. The van der Waals surface area contributed by atoms with Crippen molar-refractivity contribution in [1.29, 1.82) is 0 Å². The van der Waals surface area contributed by atoms with E-state index in [0.29, 0.717) is 6.61 Å². The van der Waals surface area contributed by atoms with E-state index in [1.54, 1.807) is 14.2 Å². The van der Waals surface area contributed by atoms with Gasteiger partial charge in [0, 0.05) is 5.92 Å². The van der Waals surface area contributed by atoms with E-state index in [-0.39, 0.29) is 17.9 Å². The maximum absolute atomic E-state index is 13.8. The molecule has 184 valence electrons. The lowest BCUT2D eigenvalue weighted by Crippen LogP contribution is -2.38. The van der Waals surface area contributed by atoms with Crippen molar-refractivity contribution in [2.75, 3.05) is 20.8 Å². The highest BCUT2D eigenvalue weighted by molar-refractivity contribution is 5.89. The molecule has 0 aromatic heterocycles. The Labute approximate surface area is 208 Å². The molecule has 0 spiro atoms. The third kappa shape index (κ3) is 4.30. The molecule has 3 aromatic carbocycles. The minimum absolute atomic E-state index is 0.168. The highest BCUT2D eigenvalue weighted by Crippen LogP contribution is 2.54. The first-order valence-corrected chi connectivity index (χ1v) is 12.1.